The van der Waals surface area contributed by atoms with E-state index in [1.165, 1.54) is 38.8 Å². The van der Waals surface area contributed by atoms with Crippen LogP contribution in [0.15, 0.2) is 0 Å². The molecule has 0 spiro atoms. The van der Waals surface area contributed by atoms with E-state index in [9.17, 15) is 0 Å². The molecule has 0 aromatic rings. The first-order valence-electron chi connectivity index (χ1n) is 5.73. The van der Waals surface area contributed by atoms with E-state index in [1.807, 2.05) is 0 Å². The molecular weight excluding hydrogens is 160 g/mol. The van der Waals surface area contributed by atoms with Gasteiger partial charge in [0.15, 0.2) is 0 Å². The Kier molecular flexibility index (Phi) is 2.89. The molecule has 3 fully saturated rings. The smallest absolute Gasteiger partial charge is 0.00957 e. The van der Waals surface area contributed by atoms with Crippen molar-refractivity contribution in [2.24, 2.45) is 17.6 Å². The normalized spacial score (nSPS) is 36.5. The summed E-state index contributed by atoms with van der Waals surface area (Å²) < 4.78 is 0. The summed E-state index contributed by atoms with van der Waals surface area (Å²) in [5, 5.41) is 0. The van der Waals surface area contributed by atoms with E-state index in [0.717, 1.165) is 18.5 Å². The van der Waals surface area contributed by atoms with Gasteiger partial charge in [0.2, 0.25) is 0 Å². The van der Waals surface area contributed by atoms with Crippen molar-refractivity contribution < 1.29 is 0 Å². The summed E-state index contributed by atoms with van der Waals surface area (Å²) in [7, 11) is 0. The first kappa shape index (κ1) is 9.47. The molecule has 2 saturated heterocycles. The van der Waals surface area contributed by atoms with E-state index in [-0.39, 0.29) is 0 Å². The van der Waals surface area contributed by atoms with E-state index in [4.69, 9.17) is 5.73 Å². The average Bonchev–Trinajstić information content (AvgIpc) is 2.19. The third-order valence-electron chi connectivity index (χ3n) is 3.77. The molecule has 2 aliphatic heterocycles. The molecule has 2 N–H and O–H groups in total. The molecule has 0 aromatic carbocycles. The third-order valence-corrected chi connectivity index (χ3v) is 3.77. The summed E-state index contributed by atoms with van der Waals surface area (Å²) in [5.41, 5.74) is 5.66. The van der Waals surface area contributed by atoms with Gasteiger partial charge in [0.25, 0.3) is 0 Å². The van der Waals surface area contributed by atoms with Crippen molar-refractivity contribution in [3.8, 4) is 0 Å². The molecule has 3 rings (SSSR count). The van der Waals surface area contributed by atoms with Gasteiger partial charge in [-0.2, -0.15) is 0 Å². The van der Waals surface area contributed by atoms with E-state index in [2.05, 4.69) is 11.8 Å². The summed E-state index contributed by atoms with van der Waals surface area (Å²) in [6.45, 7) is 5.70. The molecule has 1 saturated carbocycles. The Morgan fingerprint density at radius 2 is 2.00 bits per heavy atom. The minimum Gasteiger partial charge on any atom is -0.330 e. The minimum absolute atomic E-state index is 0.680. The Morgan fingerprint density at radius 1 is 1.31 bits per heavy atom. The zero-order chi connectivity index (χ0) is 9.26. The van der Waals surface area contributed by atoms with Crippen molar-refractivity contribution in [3.05, 3.63) is 0 Å². The molecule has 2 nitrogen and oxygen atoms in total. The zero-order valence-corrected chi connectivity index (χ0v) is 8.71. The minimum atomic E-state index is 0.680. The van der Waals surface area contributed by atoms with Crippen molar-refractivity contribution in [1.82, 2.24) is 4.90 Å². The van der Waals surface area contributed by atoms with Gasteiger partial charge in [-0.3, -0.25) is 4.90 Å². The molecular formula is C11H22N2. The quantitative estimate of drug-likeness (QED) is 0.716. The summed E-state index contributed by atoms with van der Waals surface area (Å²) >= 11 is 0. The highest BCUT2D eigenvalue weighted by molar-refractivity contribution is 4.88. The number of piperidine rings is 2. The summed E-state index contributed by atoms with van der Waals surface area (Å²) in [4.78, 5) is 2.69. The lowest BCUT2D eigenvalue weighted by Gasteiger charge is -2.46. The van der Waals surface area contributed by atoms with Crippen LogP contribution in [0.5, 0.6) is 0 Å². The van der Waals surface area contributed by atoms with Crippen LogP contribution < -0.4 is 5.73 Å². The Bertz CT molecular complexity index is 161. The fraction of sp³-hybridized carbons (Fsp3) is 1.00. The van der Waals surface area contributed by atoms with Crippen LogP contribution in [-0.4, -0.2) is 30.6 Å². The van der Waals surface area contributed by atoms with Gasteiger partial charge >= 0.3 is 0 Å². The largest absolute Gasteiger partial charge is 0.330 e. The number of nitrogens with zero attached hydrogens (tertiary/aromatic N) is 1. The first-order valence-corrected chi connectivity index (χ1v) is 5.73. The van der Waals surface area contributed by atoms with Gasteiger partial charge in [-0.05, 0) is 44.1 Å². The first-order chi connectivity index (χ1) is 6.29. The van der Waals surface area contributed by atoms with E-state index in [0.29, 0.717) is 5.92 Å². The standard InChI is InChI=1S/C11H22N2/c1-9(6-12)7-13-8-10-2-4-11(13)5-3-10/h9-11H,2-8,12H2,1H3. The Hall–Kier alpha value is -0.0800. The van der Waals surface area contributed by atoms with Crippen LogP contribution in [0.3, 0.4) is 0 Å². The van der Waals surface area contributed by atoms with Crippen LogP contribution in [0.25, 0.3) is 0 Å². The molecule has 76 valence electrons. The Morgan fingerprint density at radius 3 is 2.46 bits per heavy atom. The molecule has 0 amide bonds. The molecule has 1 aliphatic carbocycles. The Balaban J connectivity index is 1.86. The van der Waals surface area contributed by atoms with Crippen LogP contribution >= 0.6 is 0 Å². The molecule has 2 heteroatoms. The second kappa shape index (κ2) is 3.97. The fourth-order valence-corrected chi connectivity index (χ4v) is 2.87. The predicted octanol–water partition coefficient (Wildman–Crippen LogP) is 1.46. The Labute approximate surface area is 81.5 Å². The second-order valence-corrected chi connectivity index (χ2v) is 4.97. The summed E-state index contributed by atoms with van der Waals surface area (Å²) in [6.07, 6.45) is 5.86. The van der Waals surface area contributed by atoms with Gasteiger partial charge in [-0.15, -0.1) is 0 Å². The third kappa shape index (κ3) is 2.05. The van der Waals surface area contributed by atoms with Gasteiger partial charge in [0.05, 0.1) is 0 Å². The maximum atomic E-state index is 5.66. The number of hydrogen-bond acceptors (Lipinski definition) is 2. The zero-order valence-electron chi connectivity index (χ0n) is 8.71. The van der Waals surface area contributed by atoms with Gasteiger partial charge in [-0.1, -0.05) is 6.92 Å². The lowest BCUT2D eigenvalue weighted by molar-refractivity contribution is 0.0391. The van der Waals surface area contributed by atoms with Crippen molar-refractivity contribution in [2.45, 2.75) is 38.6 Å². The van der Waals surface area contributed by atoms with Crippen molar-refractivity contribution in [2.75, 3.05) is 19.6 Å². The highest BCUT2D eigenvalue weighted by Crippen LogP contribution is 2.34. The number of nitrogens with two attached hydrogens (primary N) is 1. The number of fused-ring (bicyclic) bond motifs is 3. The molecule has 13 heavy (non-hydrogen) atoms. The highest BCUT2D eigenvalue weighted by atomic mass is 15.2. The van der Waals surface area contributed by atoms with Crippen LogP contribution in [0.1, 0.15) is 32.6 Å². The van der Waals surface area contributed by atoms with Gasteiger partial charge in [-0.25, -0.2) is 0 Å². The maximum Gasteiger partial charge on any atom is 0.00957 e. The van der Waals surface area contributed by atoms with E-state index < -0.39 is 0 Å². The van der Waals surface area contributed by atoms with Crippen molar-refractivity contribution in [1.29, 1.82) is 0 Å². The molecule has 3 aliphatic rings. The molecule has 1 unspecified atom stereocenters. The SMILES string of the molecule is CC(CN)CN1CC2CCC1CC2. The van der Waals surface area contributed by atoms with Crippen molar-refractivity contribution in [3.63, 3.8) is 0 Å². The van der Waals surface area contributed by atoms with Crippen LogP contribution in [0, 0.1) is 11.8 Å². The molecule has 1 atom stereocenters. The maximum absolute atomic E-state index is 5.66. The number of rotatable bonds is 3. The monoisotopic (exact) mass is 182 g/mol. The second-order valence-electron chi connectivity index (χ2n) is 4.97. The average molecular weight is 182 g/mol. The number of hydrogen-bond donors (Lipinski definition) is 1. The van der Waals surface area contributed by atoms with Crippen LogP contribution in [0.2, 0.25) is 0 Å². The summed E-state index contributed by atoms with van der Waals surface area (Å²) in [6, 6.07) is 0.902. The predicted molar refractivity (Wildman–Crippen MR) is 55.5 cm³/mol. The summed E-state index contributed by atoms with van der Waals surface area (Å²) in [5.74, 6) is 1.69. The van der Waals surface area contributed by atoms with Crippen LogP contribution in [0.4, 0.5) is 0 Å². The molecule has 2 bridgehead atoms. The molecule has 0 aromatic heterocycles. The van der Waals surface area contributed by atoms with Crippen molar-refractivity contribution >= 4 is 0 Å². The van der Waals surface area contributed by atoms with Crippen LogP contribution in [-0.2, 0) is 0 Å². The molecule has 2 heterocycles. The fourth-order valence-electron chi connectivity index (χ4n) is 2.87. The molecule has 0 radical (unpaired) electrons. The van der Waals surface area contributed by atoms with Gasteiger partial charge < -0.3 is 5.73 Å². The topological polar surface area (TPSA) is 29.3 Å². The lowest BCUT2D eigenvalue weighted by Crippen LogP contribution is -2.49. The van der Waals surface area contributed by atoms with Gasteiger partial charge in [0.1, 0.15) is 0 Å². The van der Waals surface area contributed by atoms with Gasteiger partial charge in [0, 0.05) is 19.1 Å². The van der Waals surface area contributed by atoms with E-state index in [1.54, 1.807) is 0 Å². The highest BCUT2D eigenvalue weighted by Gasteiger charge is 2.33. The lowest BCUT2D eigenvalue weighted by atomic mass is 9.79. The van der Waals surface area contributed by atoms with E-state index >= 15 is 0 Å².